The fourth-order valence-corrected chi connectivity index (χ4v) is 2.57. The summed E-state index contributed by atoms with van der Waals surface area (Å²) in [5, 5.41) is 0. The molecule has 1 aromatic rings. The number of ether oxygens (including phenoxy) is 1. The molecule has 1 unspecified atom stereocenters. The van der Waals surface area contributed by atoms with E-state index in [1.165, 1.54) is 0 Å². The van der Waals surface area contributed by atoms with Crippen LogP contribution < -0.4 is 10.6 Å². The summed E-state index contributed by atoms with van der Waals surface area (Å²) in [6.45, 7) is 5.80. The summed E-state index contributed by atoms with van der Waals surface area (Å²) in [5.41, 5.74) is 5.97. The zero-order valence-electron chi connectivity index (χ0n) is 11.4. The van der Waals surface area contributed by atoms with Crippen LogP contribution in [0.25, 0.3) is 0 Å². The molecule has 18 heavy (non-hydrogen) atoms. The molecule has 2 rings (SSSR count). The van der Waals surface area contributed by atoms with Gasteiger partial charge in [-0.2, -0.15) is 0 Å². The van der Waals surface area contributed by atoms with Crippen molar-refractivity contribution in [1.29, 1.82) is 0 Å². The number of aromatic nitrogens is 2. The topological polar surface area (TPSA) is 56.3 Å². The lowest BCUT2D eigenvalue weighted by molar-refractivity contribution is 0.187. The van der Waals surface area contributed by atoms with Crippen LogP contribution in [0.2, 0.25) is 0 Å². The molecule has 0 radical (unpaired) electrons. The summed E-state index contributed by atoms with van der Waals surface area (Å²) >= 11 is 0. The molecular formula is C13H24N4O. The van der Waals surface area contributed by atoms with E-state index in [-0.39, 0.29) is 0 Å². The first-order chi connectivity index (χ1) is 8.72. The maximum Gasteiger partial charge on any atom is 0.205 e. The molecule has 0 saturated carbocycles. The molecule has 1 atom stereocenters. The second kappa shape index (κ2) is 6.20. The normalized spacial score (nSPS) is 19.2. The minimum atomic E-state index is 0.306. The molecule has 0 aliphatic carbocycles. The molecule has 0 bridgehead atoms. The van der Waals surface area contributed by atoms with Crippen LogP contribution in [0.4, 0.5) is 5.95 Å². The maximum absolute atomic E-state index is 5.97. The zero-order chi connectivity index (χ0) is 13.0. The Hall–Kier alpha value is -1.07. The molecule has 0 aromatic carbocycles. The van der Waals surface area contributed by atoms with Crippen LogP contribution in [0, 0.1) is 5.92 Å². The predicted molar refractivity (Wildman–Crippen MR) is 72.7 cm³/mol. The van der Waals surface area contributed by atoms with Crippen LogP contribution in [-0.2, 0) is 11.3 Å². The fourth-order valence-electron chi connectivity index (χ4n) is 2.57. The minimum Gasteiger partial charge on any atom is -0.383 e. The number of hydrogen-bond acceptors (Lipinski definition) is 4. The van der Waals surface area contributed by atoms with E-state index in [0.29, 0.717) is 12.0 Å². The molecule has 0 amide bonds. The first-order valence-corrected chi connectivity index (χ1v) is 6.73. The van der Waals surface area contributed by atoms with E-state index in [2.05, 4.69) is 21.4 Å². The zero-order valence-corrected chi connectivity index (χ0v) is 11.4. The van der Waals surface area contributed by atoms with Gasteiger partial charge in [0.25, 0.3) is 0 Å². The van der Waals surface area contributed by atoms with Crippen LogP contribution >= 0.6 is 0 Å². The van der Waals surface area contributed by atoms with Gasteiger partial charge in [0.05, 0.1) is 6.61 Å². The summed E-state index contributed by atoms with van der Waals surface area (Å²) in [6.07, 6.45) is 6.21. The van der Waals surface area contributed by atoms with Crippen molar-refractivity contribution >= 4 is 5.95 Å². The van der Waals surface area contributed by atoms with Gasteiger partial charge in [-0.1, -0.05) is 0 Å². The number of anilines is 1. The molecule has 1 aromatic heterocycles. The third kappa shape index (κ3) is 3.03. The summed E-state index contributed by atoms with van der Waals surface area (Å²) in [4.78, 5) is 6.82. The van der Waals surface area contributed by atoms with Crippen molar-refractivity contribution in [3.05, 3.63) is 12.4 Å². The van der Waals surface area contributed by atoms with E-state index < -0.39 is 0 Å². The van der Waals surface area contributed by atoms with Crippen molar-refractivity contribution in [3.63, 3.8) is 0 Å². The van der Waals surface area contributed by atoms with Gasteiger partial charge in [-0.15, -0.1) is 0 Å². The van der Waals surface area contributed by atoms with Crippen LogP contribution in [0.15, 0.2) is 12.4 Å². The van der Waals surface area contributed by atoms with Gasteiger partial charge in [0.1, 0.15) is 0 Å². The van der Waals surface area contributed by atoms with Crippen molar-refractivity contribution in [1.82, 2.24) is 9.55 Å². The lowest BCUT2D eigenvalue weighted by atomic mass is 9.91. The largest absolute Gasteiger partial charge is 0.383 e. The van der Waals surface area contributed by atoms with Crippen LogP contribution in [0.1, 0.15) is 19.8 Å². The van der Waals surface area contributed by atoms with E-state index in [1.54, 1.807) is 7.11 Å². The highest BCUT2D eigenvalue weighted by Gasteiger charge is 2.23. The number of rotatable bonds is 5. The second-order valence-electron chi connectivity index (χ2n) is 5.10. The average Bonchev–Trinajstić information content (AvgIpc) is 2.84. The van der Waals surface area contributed by atoms with E-state index >= 15 is 0 Å². The predicted octanol–water partition coefficient (Wildman–Crippen LogP) is 1.09. The van der Waals surface area contributed by atoms with Crippen molar-refractivity contribution < 1.29 is 4.74 Å². The van der Waals surface area contributed by atoms with E-state index in [4.69, 9.17) is 10.5 Å². The molecular weight excluding hydrogens is 228 g/mol. The van der Waals surface area contributed by atoms with Gasteiger partial charge in [-0.05, 0) is 25.7 Å². The SMILES string of the molecule is COCCn1ccnc1N1CCC(C(C)N)CC1. The number of nitrogens with zero attached hydrogens (tertiary/aromatic N) is 3. The molecule has 0 spiro atoms. The van der Waals surface area contributed by atoms with Gasteiger partial charge in [0.2, 0.25) is 5.95 Å². The maximum atomic E-state index is 5.97. The molecule has 2 heterocycles. The van der Waals surface area contributed by atoms with Gasteiger partial charge in [0.15, 0.2) is 0 Å². The Balaban J connectivity index is 1.94. The summed E-state index contributed by atoms with van der Waals surface area (Å²) in [6, 6.07) is 0.306. The van der Waals surface area contributed by atoms with E-state index in [0.717, 1.165) is 45.0 Å². The number of methoxy groups -OCH3 is 1. The molecule has 1 aliphatic rings. The van der Waals surface area contributed by atoms with Crippen LogP contribution in [0.5, 0.6) is 0 Å². The van der Waals surface area contributed by atoms with Crippen molar-refractivity contribution in [3.8, 4) is 0 Å². The quantitative estimate of drug-likeness (QED) is 0.852. The van der Waals surface area contributed by atoms with E-state index in [9.17, 15) is 0 Å². The third-order valence-electron chi connectivity index (χ3n) is 3.80. The van der Waals surface area contributed by atoms with Crippen LogP contribution in [0.3, 0.4) is 0 Å². The van der Waals surface area contributed by atoms with Gasteiger partial charge >= 0.3 is 0 Å². The fraction of sp³-hybridized carbons (Fsp3) is 0.769. The Kier molecular flexibility index (Phi) is 4.60. The molecule has 1 saturated heterocycles. The standard InChI is InChI=1S/C13H24N4O/c1-11(14)12-3-6-16(7-4-12)13-15-5-8-17(13)9-10-18-2/h5,8,11-12H,3-4,6-7,9-10,14H2,1-2H3. The lowest BCUT2D eigenvalue weighted by Crippen LogP contribution is -2.40. The molecule has 5 nitrogen and oxygen atoms in total. The van der Waals surface area contributed by atoms with Crippen molar-refractivity contribution in [2.45, 2.75) is 32.4 Å². The first-order valence-electron chi connectivity index (χ1n) is 6.73. The Morgan fingerprint density at radius 3 is 2.83 bits per heavy atom. The highest BCUT2D eigenvalue weighted by atomic mass is 16.5. The highest BCUT2D eigenvalue weighted by molar-refractivity contribution is 5.31. The van der Waals surface area contributed by atoms with Gasteiger partial charge in [-0.25, -0.2) is 4.98 Å². The summed E-state index contributed by atoms with van der Waals surface area (Å²) in [7, 11) is 1.73. The van der Waals surface area contributed by atoms with E-state index in [1.807, 2.05) is 12.4 Å². The highest BCUT2D eigenvalue weighted by Crippen LogP contribution is 2.23. The van der Waals surface area contributed by atoms with Gasteiger partial charge < -0.3 is 19.9 Å². The summed E-state index contributed by atoms with van der Waals surface area (Å²) in [5.74, 6) is 1.72. The molecule has 102 valence electrons. The lowest BCUT2D eigenvalue weighted by Gasteiger charge is -2.34. The second-order valence-corrected chi connectivity index (χ2v) is 5.10. The van der Waals surface area contributed by atoms with Crippen LogP contribution in [-0.4, -0.2) is 42.4 Å². The average molecular weight is 252 g/mol. The van der Waals surface area contributed by atoms with Gasteiger partial charge in [0, 0.05) is 45.2 Å². The third-order valence-corrected chi connectivity index (χ3v) is 3.80. The number of imidazole rings is 1. The Labute approximate surface area is 109 Å². The van der Waals surface area contributed by atoms with Crippen molar-refractivity contribution in [2.75, 3.05) is 31.7 Å². The minimum absolute atomic E-state index is 0.306. The Morgan fingerprint density at radius 2 is 2.22 bits per heavy atom. The number of nitrogens with two attached hydrogens (primary N) is 1. The molecule has 1 aliphatic heterocycles. The smallest absolute Gasteiger partial charge is 0.205 e. The Bertz CT molecular complexity index is 356. The number of piperidine rings is 1. The monoisotopic (exact) mass is 252 g/mol. The summed E-state index contributed by atoms with van der Waals surface area (Å²) < 4.78 is 7.28. The molecule has 5 heteroatoms. The van der Waals surface area contributed by atoms with Gasteiger partial charge in [-0.3, -0.25) is 0 Å². The van der Waals surface area contributed by atoms with Crippen molar-refractivity contribution in [2.24, 2.45) is 11.7 Å². The Morgan fingerprint density at radius 1 is 1.50 bits per heavy atom. The first kappa shape index (κ1) is 13.4. The molecule has 1 fully saturated rings. The number of hydrogen-bond donors (Lipinski definition) is 1. The molecule has 2 N–H and O–H groups in total.